The predicted octanol–water partition coefficient (Wildman–Crippen LogP) is 3.94. The molecule has 0 aliphatic carbocycles. The second kappa shape index (κ2) is 7.20. The van der Waals surface area contributed by atoms with Gasteiger partial charge < -0.3 is 10.4 Å². The Hall–Kier alpha value is -1.18. The van der Waals surface area contributed by atoms with E-state index in [4.69, 9.17) is 5.11 Å². The second-order valence-corrected chi connectivity index (χ2v) is 7.42. The van der Waals surface area contributed by atoms with Crippen LogP contribution in [0.4, 0.5) is 0 Å². The highest BCUT2D eigenvalue weighted by atomic mass is 79.9. The largest absolute Gasteiger partial charge is 0.478 e. The molecule has 0 radical (unpaired) electrons. The number of benzene rings is 1. The molecule has 110 valence electrons. The molecule has 1 amide bonds. The highest BCUT2D eigenvalue weighted by Crippen LogP contribution is 2.32. The zero-order valence-corrected chi connectivity index (χ0v) is 14.7. The smallest absolute Gasteiger partial charge is 0.335 e. The molecule has 2 rings (SSSR count). The number of carbonyl (C=O) groups excluding carboxylic acids is 1. The van der Waals surface area contributed by atoms with E-state index in [1.54, 1.807) is 30.3 Å². The van der Waals surface area contributed by atoms with Gasteiger partial charge in [0.05, 0.1) is 14.2 Å². The number of hydrogen-bond acceptors (Lipinski definition) is 3. The zero-order valence-electron chi connectivity index (χ0n) is 10.7. The third-order valence-corrected chi connectivity index (χ3v) is 6.05. The molecule has 7 heteroatoms. The molecule has 0 spiro atoms. The van der Waals surface area contributed by atoms with Gasteiger partial charge in [-0.05, 0) is 56.0 Å². The third-order valence-electron chi connectivity index (χ3n) is 2.80. The van der Waals surface area contributed by atoms with Gasteiger partial charge in [0.2, 0.25) is 0 Å². The Balaban J connectivity index is 1.96. The van der Waals surface area contributed by atoms with Crippen LogP contribution in [0.25, 0.3) is 0 Å². The normalized spacial score (nSPS) is 10.4. The number of thiophene rings is 1. The summed E-state index contributed by atoms with van der Waals surface area (Å²) in [5, 5.41) is 11.9. The molecule has 1 heterocycles. The maximum Gasteiger partial charge on any atom is 0.335 e. The number of carbonyl (C=O) groups is 2. The number of nitrogens with one attached hydrogen (secondary N) is 1. The summed E-state index contributed by atoms with van der Waals surface area (Å²) in [6.45, 7) is 0.385. The van der Waals surface area contributed by atoms with Gasteiger partial charge in [-0.15, -0.1) is 11.3 Å². The summed E-state index contributed by atoms with van der Waals surface area (Å²) in [5.74, 6) is -1.12. The van der Waals surface area contributed by atoms with Gasteiger partial charge in [0.25, 0.3) is 5.91 Å². The number of carboxylic acid groups (broad SMARTS) is 1. The van der Waals surface area contributed by atoms with Gasteiger partial charge in [-0.2, -0.15) is 0 Å². The van der Waals surface area contributed by atoms with Crippen molar-refractivity contribution in [3.8, 4) is 0 Å². The van der Waals surface area contributed by atoms with Crippen molar-refractivity contribution >= 4 is 55.1 Å². The lowest BCUT2D eigenvalue weighted by molar-refractivity contribution is 0.0695. The summed E-state index contributed by atoms with van der Waals surface area (Å²) in [5.41, 5.74) is 0.979. The summed E-state index contributed by atoms with van der Waals surface area (Å²) < 4.78 is 1.71. The van der Waals surface area contributed by atoms with Crippen molar-refractivity contribution in [1.82, 2.24) is 5.32 Å². The highest BCUT2D eigenvalue weighted by molar-refractivity contribution is 9.13. The fourth-order valence-corrected chi connectivity index (χ4v) is 3.76. The molecule has 2 aromatic rings. The number of rotatable bonds is 5. The van der Waals surface area contributed by atoms with Gasteiger partial charge in [-0.25, -0.2) is 4.79 Å². The van der Waals surface area contributed by atoms with Crippen LogP contribution in [-0.4, -0.2) is 23.5 Å². The van der Waals surface area contributed by atoms with Crippen molar-refractivity contribution in [2.24, 2.45) is 0 Å². The molecule has 2 N–H and O–H groups in total. The number of aromatic carboxylic acids is 1. The monoisotopic (exact) mass is 431 g/mol. The Kier molecular flexibility index (Phi) is 5.55. The first-order valence-electron chi connectivity index (χ1n) is 6.03. The van der Waals surface area contributed by atoms with Crippen LogP contribution in [0.5, 0.6) is 0 Å². The minimum absolute atomic E-state index is 0.167. The molecule has 0 saturated heterocycles. The van der Waals surface area contributed by atoms with Crippen molar-refractivity contribution in [2.45, 2.75) is 6.42 Å². The Morgan fingerprint density at radius 3 is 2.57 bits per heavy atom. The van der Waals surface area contributed by atoms with Crippen LogP contribution in [0.2, 0.25) is 0 Å². The first-order chi connectivity index (χ1) is 9.99. The lowest BCUT2D eigenvalue weighted by Gasteiger charge is -2.06. The highest BCUT2D eigenvalue weighted by Gasteiger charge is 2.12. The molecule has 0 saturated carbocycles. The maximum atomic E-state index is 12.0. The molecule has 0 aliphatic rings. The SMILES string of the molecule is O=C(NCCc1ccccc1C(=O)O)c1cc(Br)c(Br)s1. The summed E-state index contributed by atoms with van der Waals surface area (Å²) >= 11 is 8.01. The summed E-state index contributed by atoms with van der Waals surface area (Å²) in [6, 6.07) is 8.54. The van der Waals surface area contributed by atoms with E-state index in [0.717, 1.165) is 8.26 Å². The average Bonchev–Trinajstić information content (AvgIpc) is 2.79. The van der Waals surface area contributed by atoms with Gasteiger partial charge in [0.1, 0.15) is 0 Å². The molecule has 0 atom stereocenters. The van der Waals surface area contributed by atoms with Crippen LogP contribution < -0.4 is 5.32 Å². The standard InChI is InChI=1S/C14H11Br2NO3S/c15-10-7-11(21-12(10)16)13(18)17-6-5-8-3-1-2-4-9(8)14(19)20/h1-4,7H,5-6H2,(H,17,18)(H,19,20). The van der Waals surface area contributed by atoms with E-state index in [2.05, 4.69) is 37.2 Å². The topological polar surface area (TPSA) is 66.4 Å². The lowest BCUT2D eigenvalue weighted by atomic mass is 10.0. The molecule has 0 aliphatic heterocycles. The molecule has 21 heavy (non-hydrogen) atoms. The maximum absolute atomic E-state index is 12.0. The second-order valence-electron chi connectivity index (χ2n) is 4.20. The molecule has 4 nitrogen and oxygen atoms in total. The van der Waals surface area contributed by atoms with Crippen LogP contribution in [0, 0.1) is 0 Å². The van der Waals surface area contributed by atoms with Crippen molar-refractivity contribution < 1.29 is 14.7 Å². The number of amides is 1. The zero-order chi connectivity index (χ0) is 15.4. The van der Waals surface area contributed by atoms with E-state index >= 15 is 0 Å². The van der Waals surface area contributed by atoms with Crippen molar-refractivity contribution in [3.05, 3.63) is 54.6 Å². The van der Waals surface area contributed by atoms with E-state index < -0.39 is 5.97 Å². The van der Waals surface area contributed by atoms with E-state index in [9.17, 15) is 9.59 Å². The Morgan fingerprint density at radius 2 is 1.95 bits per heavy atom. The number of hydrogen-bond donors (Lipinski definition) is 2. The Bertz CT molecular complexity index is 665. The van der Waals surface area contributed by atoms with E-state index in [1.165, 1.54) is 11.3 Å². The third kappa shape index (κ3) is 4.15. The van der Waals surface area contributed by atoms with Gasteiger partial charge in [0, 0.05) is 11.0 Å². The molecular formula is C14H11Br2NO3S. The quantitative estimate of drug-likeness (QED) is 0.751. The van der Waals surface area contributed by atoms with E-state index in [-0.39, 0.29) is 11.5 Å². The molecule has 1 aromatic heterocycles. The first kappa shape index (κ1) is 16.2. The molecule has 0 unspecified atom stereocenters. The predicted molar refractivity (Wildman–Crippen MR) is 89.2 cm³/mol. The average molecular weight is 433 g/mol. The van der Waals surface area contributed by atoms with Crippen LogP contribution in [0.3, 0.4) is 0 Å². The minimum Gasteiger partial charge on any atom is -0.478 e. The number of halogens is 2. The molecule has 0 fully saturated rings. The van der Waals surface area contributed by atoms with Crippen molar-refractivity contribution in [1.29, 1.82) is 0 Å². The molecule has 0 bridgehead atoms. The summed E-state index contributed by atoms with van der Waals surface area (Å²) in [7, 11) is 0. The lowest BCUT2D eigenvalue weighted by Crippen LogP contribution is -2.25. The van der Waals surface area contributed by atoms with Gasteiger partial charge in [-0.3, -0.25) is 4.79 Å². The Morgan fingerprint density at radius 1 is 1.24 bits per heavy atom. The molecular weight excluding hydrogens is 422 g/mol. The van der Waals surface area contributed by atoms with Gasteiger partial charge >= 0.3 is 5.97 Å². The van der Waals surface area contributed by atoms with Crippen LogP contribution in [0.1, 0.15) is 25.6 Å². The van der Waals surface area contributed by atoms with Gasteiger partial charge in [0.15, 0.2) is 0 Å². The van der Waals surface area contributed by atoms with E-state index in [0.29, 0.717) is 23.4 Å². The van der Waals surface area contributed by atoms with Crippen molar-refractivity contribution in [3.63, 3.8) is 0 Å². The fourth-order valence-electron chi connectivity index (χ4n) is 1.80. The van der Waals surface area contributed by atoms with Crippen LogP contribution in [0.15, 0.2) is 38.6 Å². The van der Waals surface area contributed by atoms with E-state index in [1.807, 2.05) is 0 Å². The molecule has 1 aromatic carbocycles. The summed E-state index contributed by atoms with van der Waals surface area (Å²) in [4.78, 5) is 23.6. The first-order valence-corrected chi connectivity index (χ1v) is 8.43. The van der Waals surface area contributed by atoms with Crippen LogP contribution >= 0.6 is 43.2 Å². The Labute approximate surface area is 142 Å². The fraction of sp³-hybridized carbons (Fsp3) is 0.143. The van der Waals surface area contributed by atoms with Crippen molar-refractivity contribution in [2.75, 3.05) is 6.54 Å². The van der Waals surface area contributed by atoms with Crippen LogP contribution in [-0.2, 0) is 6.42 Å². The number of carboxylic acids is 1. The van der Waals surface area contributed by atoms with Gasteiger partial charge in [-0.1, -0.05) is 18.2 Å². The summed E-state index contributed by atoms with van der Waals surface area (Å²) in [6.07, 6.45) is 0.474. The minimum atomic E-state index is -0.956.